The van der Waals surface area contributed by atoms with Crippen LogP contribution in [0.5, 0.6) is 0 Å². The zero-order chi connectivity index (χ0) is 23.5. The maximum Gasteiger partial charge on any atom is 0.333 e. The Kier molecular flexibility index (Phi) is 10.4. The monoisotopic (exact) mass is 476 g/mol. The topological polar surface area (TPSA) is 96.3 Å². The van der Waals surface area contributed by atoms with Crippen LogP contribution in [0.25, 0.3) is 0 Å². The average molecular weight is 477 g/mol. The fraction of sp³-hybridized carbons (Fsp3) is 0.524. The Morgan fingerprint density at radius 3 is 2.16 bits per heavy atom. The Morgan fingerprint density at radius 2 is 1.69 bits per heavy atom. The van der Waals surface area contributed by atoms with E-state index in [1.807, 2.05) is 51.3 Å². The summed E-state index contributed by atoms with van der Waals surface area (Å²) < 4.78 is 43.0. The van der Waals surface area contributed by atoms with Crippen LogP contribution >= 0.6 is 0 Å². The number of benzene rings is 1. The predicted octanol–water partition coefficient (Wildman–Crippen LogP) is 3.39. The first-order valence-corrected chi connectivity index (χ1v) is 11.7. The first-order chi connectivity index (χ1) is 14.4. The van der Waals surface area contributed by atoms with Crippen LogP contribution in [0.1, 0.15) is 63.3 Å². The molecule has 0 aliphatic rings. The number of aromatic nitrogens is 2. The molecule has 32 heavy (non-hydrogen) atoms. The van der Waals surface area contributed by atoms with Gasteiger partial charge in [0, 0.05) is 54.9 Å². The van der Waals surface area contributed by atoms with Crippen LogP contribution in [0, 0.1) is 5.82 Å². The molecular formula is C21H32FN5NaO3S. The normalized spacial score (nSPS) is 11.7. The largest absolute Gasteiger partial charge is 0.333 e. The summed E-state index contributed by atoms with van der Waals surface area (Å²) >= 11 is 0. The minimum atomic E-state index is -4.18. The third-order valence-electron chi connectivity index (χ3n) is 5.08. The van der Waals surface area contributed by atoms with Gasteiger partial charge in [0.2, 0.25) is 0 Å². The number of anilines is 1. The molecule has 0 unspecified atom stereocenters. The second kappa shape index (κ2) is 11.6. The number of carbonyl (C=O) groups excluding carboxylic acids is 1. The van der Waals surface area contributed by atoms with Crippen molar-refractivity contribution in [2.24, 2.45) is 7.05 Å². The molecule has 2 amide bonds. The second-order valence-corrected chi connectivity index (χ2v) is 9.89. The molecule has 173 valence electrons. The summed E-state index contributed by atoms with van der Waals surface area (Å²) in [6.07, 6.45) is 0. The van der Waals surface area contributed by atoms with Crippen molar-refractivity contribution in [3.05, 3.63) is 40.8 Å². The Balaban J connectivity index is 0.00000512. The molecule has 2 N–H and O–H groups in total. The van der Waals surface area contributed by atoms with E-state index in [-0.39, 0.29) is 46.4 Å². The predicted molar refractivity (Wildman–Crippen MR) is 125 cm³/mol. The average Bonchev–Trinajstić information content (AvgIpc) is 3.03. The van der Waals surface area contributed by atoms with E-state index in [1.54, 1.807) is 7.05 Å². The van der Waals surface area contributed by atoms with Gasteiger partial charge in [-0.3, -0.25) is 4.68 Å². The summed E-state index contributed by atoms with van der Waals surface area (Å²) in [5.74, 6) is -0.549. The van der Waals surface area contributed by atoms with Crippen LogP contribution in [0.3, 0.4) is 0 Å². The van der Waals surface area contributed by atoms with Crippen LogP contribution in [0.15, 0.2) is 23.2 Å². The molecule has 11 heteroatoms. The Hall–Kier alpha value is -1.46. The molecule has 0 saturated carbocycles. The maximum absolute atomic E-state index is 14.1. The molecule has 8 nitrogen and oxygen atoms in total. The van der Waals surface area contributed by atoms with Crippen LogP contribution in [0.2, 0.25) is 0 Å². The summed E-state index contributed by atoms with van der Waals surface area (Å²) in [5.41, 5.74) is 2.32. The van der Waals surface area contributed by atoms with Crippen molar-refractivity contribution in [1.82, 2.24) is 19.4 Å². The van der Waals surface area contributed by atoms with Gasteiger partial charge in [-0.1, -0.05) is 34.6 Å². The molecule has 0 spiro atoms. The maximum atomic E-state index is 14.1. The number of sulfonamides is 1. The van der Waals surface area contributed by atoms with Crippen molar-refractivity contribution in [1.29, 1.82) is 0 Å². The van der Waals surface area contributed by atoms with Gasteiger partial charge in [0.1, 0.15) is 5.82 Å². The number of urea groups is 1. The standard InChI is InChI=1S/C21H32FN5O3S.Na/c1-8-26(6)12-16-11-19(24-27(16)7)31(29,30)25-21(28)23-20-17(13(2)3)9-15(22)10-18(20)14(4)5;/h9-11,13-14H,8,12H2,1-7H3,(H2,23,25,28);. The summed E-state index contributed by atoms with van der Waals surface area (Å²) in [5, 5.41) is 6.42. The molecule has 2 rings (SSSR count). The Morgan fingerprint density at radius 1 is 1.16 bits per heavy atom. The smallest absolute Gasteiger partial charge is 0.307 e. The first kappa shape index (κ1) is 28.6. The number of aryl methyl sites for hydroxylation is 1. The zero-order valence-electron chi connectivity index (χ0n) is 20.2. The summed E-state index contributed by atoms with van der Waals surface area (Å²) in [6.45, 7) is 10.8. The SMILES string of the molecule is CCN(C)Cc1cc(S(=O)(=O)NC(=O)Nc2c(C(C)C)cc(F)cc2C(C)C)nn1C.[Na]. The molecule has 1 radical (unpaired) electrons. The number of nitrogens with zero attached hydrogens (tertiary/aromatic N) is 3. The fourth-order valence-electron chi connectivity index (χ4n) is 3.16. The fourth-order valence-corrected chi connectivity index (χ4v) is 4.08. The van der Waals surface area contributed by atoms with E-state index in [2.05, 4.69) is 10.4 Å². The van der Waals surface area contributed by atoms with E-state index in [4.69, 9.17) is 0 Å². The van der Waals surface area contributed by atoms with Gasteiger partial charge in [0.25, 0.3) is 10.0 Å². The molecule has 1 aromatic heterocycles. The Labute approximate surface area is 212 Å². The van der Waals surface area contributed by atoms with E-state index in [0.717, 1.165) is 6.54 Å². The number of hydrogen-bond acceptors (Lipinski definition) is 5. The van der Waals surface area contributed by atoms with E-state index >= 15 is 0 Å². The van der Waals surface area contributed by atoms with E-state index < -0.39 is 21.9 Å². The molecule has 0 aliphatic carbocycles. The van der Waals surface area contributed by atoms with Gasteiger partial charge >= 0.3 is 6.03 Å². The molecular weight excluding hydrogens is 444 g/mol. The van der Waals surface area contributed by atoms with Crippen LogP contribution in [0.4, 0.5) is 14.9 Å². The van der Waals surface area contributed by atoms with Crippen LogP contribution < -0.4 is 10.0 Å². The number of halogens is 1. The van der Waals surface area contributed by atoms with Gasteiger partial charge in [-0.25, -0.2) is 13.9 Å². The second-order valence-electron chi connectivity index (χ2n) is 8.26. The number of carbonyl (C=O) groups is 1. The summed E-state index contributed by atoms with van der Waals surface area (Å²) in [6, 6.07) is 3.23. The van der Waals surface area contributed by atoms with E-state index in [1.165, 1.54) is 22.9 Å². The van der Waals surface area contributed by atoms with Gasteiger partial charge in [-0.05, 0) is 48.7 Å². The van der Waals surface area contributed by atoms with Gasteiger partial charge < -0.3 is 10.2 Å². The van der Waals surface area contributed by atoms with Crippen molar-refractivity contribution in [2.75, 3.05) is 18.9 Å². The quantitative estimate of drug-likeness (QED) is 0.570. The van der Waals surface area contributed by atoms with Crippen molar-refractivity contribution in [3.63, 3.8) is 0 Å². The number of amides is 2. The molecule has 1 aromatic carbocycles. The summed E-state index contributed by atoms with van der Waals surface area (Å²) in [4.78, 5) is 14.6. The number of nitrogens with one attached hydrogen (secondary N) is 2. The zero-order valence-corrected chi connectivity index (χ0v) is 23.0. The molecule has 0 aliphatic heterocycles. The molecule has 1 heterocycles. The van der Waals surface area contributed by atoms with Gasteiger partial charge in [0.05, 0.1) is 5.69 Å². The molecule has 0 saturated heterocycles. The number of rotatable bonds is 8. The van der Waals surface area contributed by atoms with E-state index in [0.29, 0.717) is 29.1 Å². The molecule has 0 atom stereocenters. The minimum Gasteiger partial charge on any atom is -0.307 e. The van der Waals surface area contributed by atoms with Crippen molar-refractivity contribution in [2.45, 2.75) is 58.0 Å². The summed E-state index contributed by atoms with van der Waals surface area (Å²) in [7, 11) is -0.621. The van der Waals surface area contributed by atoms with Crippen LogP contribution in [-0.2, 0) is 23.6 Å². The van der Waals surface area contributed by atoms with Gasteiger partial charge in [0.15, 0.2) is 5.03 Å². The molecule has 0 fully saturated rings. The minimum absolute atomic E-state index is 0. The van der Waals surface area contributed by atoms with Crippen molar-refractivity contribution >= 4 is 51.3 Å². The van der Waals surface area contributed by atoms with Gasteiger partial charge in [-0.15, -0.1) is 0 Å². The third-order valence-corrected chi connectivity index (χ3v) is 6.28. The van der Waals surface area contributed by atoms with Crippen molar-refractivity contribution < 1.29 is 17.6 Å². The molecule has 0 bridgehead atoms. The Bertz CT molecular complexity index is 1020. The van der Waals surface area contributed by atoms with Gasteiger partial charge in [-0.2, -0.15) is 13.5 Å². The third kappa shape index (κ3) is 7.02. The van der Waals surface area contributed by atoms with E-state index in [9.17, 15) is 17.6 Å². The molecule has 2 aromatic rings. The van der Waals surface area contributed by atoms with Crippen LogP contribution in [-0.4, -0.2) is 72.3 Å². The first-order valence-electron chi connectivity index (χ1n) is 10.2. The van der Waals surface area contributed by atoms with Crippen molar-refractivity contribution in [3.8, 4) is 0 Å². The number of hydrogen-bond donors (Lipinski definition) is 2.